The Bertz CT molecular complexity index is 1350. The highest BCUT2D eigenvalue weighted by molar-refractivity contribution is 6.04. The van der Waals surface area contributed by atoms with Crippen molar-refractivity contribution in [1.29, 1.82) is 5.26 Å². The van der Waals surface area contributed by atoms with E-state index >= 15 is 0 Å². The standard InChI is InChI=1S/C27H26N6O2/c1-32(2)17-19-7-9-22(10-8-19)27(34)29-23-13-11-21(12-14-23)26-31-30-25(33(26)3)18-35-24-6-4-5-20(15-24)16-28/h4-15H,17-18H2,1-3H3,(H,29,34). The molecule has 8 heteroatoms. The van der Waals surface area contributed by atoms with Crippen molar-refractivity contribution in [2.45, 2.75) is 13.2 Å². The second-order valence-electron chi connectivity index (χ2n) is 8.39. The van der Waals surface area contributed by atoms with Gasteiger partial charge in [0.2, 0.25) is 0 Å². The molecule has 1 amide bonds. The highest BCUT2D eigenvalue weighted by atomic mass is 16.5. The fourth-order valence-corrected chi connectivity index (χ4v) is 3.57. The van der Waals surface area contributed by atoms with Crippen molar-refractivity contribution >= 4 is 11.6 Å². The van der Waals surface area contributed by atoms with E-state index in [0.29, 0.717) is 34.2 Å². The fraction of sp³-hybridized carbons (Fsp3) is 0.185. The number of anilines is 1. The van der Waals surface area contributed by atoms with Gasteiger partial charge in [0.25, 0.3) is 5.91 Å². The van der Waals surface area contributed by atoms with E-state index in [0.717, 1.165) is 17.7 Å². The molecular weight excluding hydrogens is 440 g/mol. The summed E-state index contributed by atoms with van der Waals surface area (Å²) in [5, 5.41) is 20.5. The summed E-state index contributed by atoms with van der Waals surface area (Å²) in [6.07, 6.45) is 0. The Labute approximate surface area is 204 Å². The summed E-state index contributed by atoms with van der Waals surface area (Å²) in [5.74, 6) is 1.77. The van der Waals surface area contributed by atoms with Crippen molar-refractivity contribution in [2.75, 3.05) is 19.4 Å². The van der Waals surface area contributed by atoms with Gasteiger partial charge in [0, 0.05) is 30.4 Å². The molecule has 4 aromatic rings. The number of ether oxygens (including phenoxy) is 1. The Morgan fingerprint density at radius 1 is 1.06 bits per heavy atom. The minimum Gasteiger partial charge on any atom is -0.486 e. The molecule has 1 N–H and O–H groups in total. The molecule has 0 saturated carbocycles. The topological polar surface area (TPSA) is 96.1 Å². The van der Waals surface area contributed by atoms with E-state index in [1.807, 2.05) is 74.2 Å². The molecule has 3 aromatic carbocycles. The molecule has 0 spiro atoms. The number of rotatable bonds is 8. The lowest BCUT2D eigenvalue weighted by atomic mass is 10.1. The van der Waals surface area contributed by atoms with Gasteiger partial charge in [-0.15, -0.1) is 10.2 Å². The lowest BCUT2D eigenvalue weighted by Gasteiger charge is -2.10. The van der Waals surface area contributed by atoms with Crippen LogP contribution in [0.25, 0.3) is 11.4 Å². The second-order valence-corrected chi connectivity index (χ2v) is 8.39. The number of nitrogens with zero attached hydrogens (tertiary/aromatic N) is 5. The van der Waals surface area contributed by atoms with Gasteiger partial charge in [0.1, 0.15) is 12.4 Å². The first-order valence-corrected chi connectivity index (χ1v) is 11.1. The van der Waals surface area contributed by atoms with E-state index in [-0.39, 0.29) is 12.5 Å². The molecule has 0 saturated heterocycles. The summed E-state index contributed by atoms with van der Waals surface area (Å²) in [5.41, 5.74) is 3.85. The van der Waals surface area contributed by atoms with E-state index in [1.165, 1.54) is 0 Å². The highest BCUT2D eigenvalue weighted by Gasteiger charge is 2.12. The SMILES string of the molecule is CN(C)Cc1ccc(C(=O)Nc2ccc(-c3nnc(COc4cccc(C#N)c4)n3C)cc2)cc1. The summed E-state index contributed by atoms with van der Waals surface area (Å²) in [4.78, 5) is 14.7. The first-order chi connectivity index (χ1) is 16.9. The minimum absolute atomic E-state index is 0.160. The van der Waals surface area contributed by atoms with Crippen LogP contribution in [0.4, 0.5) is 5.69 Å². The molecule has 0 fully saturated rings. The molecule has 35 heavy (non-hydrogen) atoms. The Hall–Kier alpha value is -4.48. The van der Waals surface area contributed by atoms with Crippen LogP contribution in [0.2, 0.25) is 0 Å². The molecule has 0 aliphatic rings. The number of carbonyl (C=O) groups excluding carboxylic acids is 1. The Morgan fingerprint density at radius 2 is 1.80 bits per heavy atom. The number of aromatic nitrogens is 3. The quantitative estimate of drug-likeness (QED) is 0.417. The Kier molecular flexibility index (Phi) is 7.19. The van der Waals surface area contributed by atoms with Gasteiger partial charge in [-0.25, -0.2) is 0 Å². The second kappa shape index (κ2) is 10.6. The third-order valence-electron chi connectivity index (χ3n) is 5.41. The van der Waals surface area contributed by atoms with Crippen molar-refractivity contribution < 1.29 is 9.53 Å². The van der Waals surface area contributed by atoms with Gasteiger partial charge in [-0.3, -0.25) is 4.79 Å². The van der Waals surface area contributed by atoms with Crippen LogP contribution < -0.4 is 10.1 Å². The first kappa shape index (κ1) is 23.7. The van der Waals surface area contributed by atoms with Crippen LogP contribution in [0.5, 0.6) is 5.75 Å². The zero-order valence-corrected chi connectivity index (χ0v) is 19.9. The largest absolute Gasteiger partial charge is 0.486 e. The van der Waals surface area contributed by atoms with Gasteiger partial charge >= 0.3 is 0 Å². The van der Waals surface area contributed by atoms with Crippen LogP contribution in [0.1, 0.15) is 27.3 Å². The number of carbonyl (C=O) groups is 1. The van der Waals surface area contributed by atoms with E-state index in [2.05, 4.69) is 26.5 Å². The molecule has 0 aliphatic carbocycles. The molecule has 0 atom stereocenters. The molecule has 1 aromatic heterocycles. The van der Waals surface area contributed by atoms with Crippen molar-refractivity contribution in [1.82, 2.24) is 19.7 Å². The summed E-state index contributed by atoms with van der Waals surface area (Å²) in [6, 6.07) is 24.1. The van der Waals surface area contributed by atoms with Crippen LogP contribution in [0.15, 0.2) is 72.8 Å². The zero-order chi connectivity index (χ0) is 24.8. The van der Waals surface area contributed by atoms with Crippen molar-refractivity contribution in [3.05, 3.63) is 95.3 Å². The highest BCUT2D eigenvalue weighted by Crippen LogP contribution is 2.21. The average molecular weight is 467 g/mol. The first-order valence-electron chi connectivity index (χ1n) is 11.1. The smallest absolute Gasteiger partial charge is 0.255 e. The van der Waals surface area contributed by atoms with E-state index < -0.39 is 0 Å². The third-order valence-corrected chi connectivity index (χ3v) is 5.41. The Morgan fingerprint density at radius 3 is 2.49 bits per heavy atom. The van der Waals surface area contributed by atoms with Crippen molar-refractivity contribution in [3.8, 4) is 23.2 Å². The maximum atomic E-state index is 12.6. The molecule has 176 valence electrons. The van der Waals surface area contributed by atoms with Gasteiger partial charge in [0.15, 0.2) is 11.6 Å². The van der Waals surface area contributed by atoms with Gasteiger partial charge in [-0.05, 0) is 74.3 Å². The molecule has 0 aliphatic heterocycles. The zero-order valence-electron chi connectivity index (χ0n) is 19.9. The lowest BCUT2D eigenvalue weighted by Crippen LogP contribution is -2.13. The van der Waals surface area contributed by atoms with Crippen molar-refractivity contribution in [2.24, 2.45) is 7.05 Å². The van der Waals surface area contributed by atoms with Crippen LogP contribution >= 0.6 is 0 Å². The minimum atomic E-state index is -0.160. The van der Waals surface area contributed by atoms with E-state index in [1.54, 1.807) is 24.3 Å². The van der Waals surface area contributed by atoms with Gasteiger partial charge in [-0.2, -0.15) is 5.26 Å². The Balaban J connectivity index is 1.39. The number of nitrogens with one attached hydrogen (secondary N) is 1. The van der Waals surface area contributed by atoms with E-state index in [4.69, 9.17) is 10.00 Å². The molecular formula is C27H26N6O2. The maximum absolute atomic E-state index is 12.6. The van der Waals surface area contributed by atoms with Crippen LogP contribution in [0, 0.1) is 11.3 Å². The lowest BCUT2D eigenvalue weighted by molar-refractivity contribution is 0.102. The van der Waals surface area contributed by atoms with Crippen LogP contribution in [0.3, 0.4) is 0 Å². The molecule has 4 rings (SSSR count). The van der Waals surface area contributed by atoms with Crippen LogP contribution in [-0.2, 0) is 20.2 Å². The van der Waals surface area contributed by atoms with Gasteiger partial charge in [0.05, 0.1) is 11.6 Å². The average Bonchev–Trinajstić information content (AvgIpc) is 3.23. The summed E-state index contributed by atoms with van der Waals surface area (Å²) >= 11 is 0. The number of hydrogen-bond donors (Lipinski definition) is 1. The predicted molar refractivity (Wildman–Crippen MR) is 134 cm³/mol. The molecule has 0 bridgehead atoms. The fourth-order valence-electron chi connectivity index (χ4n) is 3.57. The molecule has 0 unspecified atom stereocenters. The molecule has 1 heterocycles. The molecule has 8 nitrogen and oxygen atoms in total. The summed E-state index contributed by atoms with van der Waals surface area (Å²) < 4.78 is 7.63. The number of amides is 1. The van der Waals surface area contributed by atoms with Gasteiger partial charge in [-0.1, -0.05) is 18.2 Å². The van der Waals surface area contributed by atoms with E-state index in [9.17, 15) is 4.79 Å². The number of nitriles is 1. The number of benzene rings is 3. The summed E-state index contributed by atoms with van der Waals surface area (Å²) in [6.45, 7) is 1.05. The summed E-state index contributed by atoms with van der Waals surface area (Å²) in [7, 11) is 5.89. The maximum Gasteiger partial charge on any atom is 0.255 e. The number of hydrogen-bond acceptors (Lipinski definition) is 6. The third kappa shape index (κ3) is 5.91. The normalized spacial score (nSPS) is 10.7. The predicted octanol–water partition coefficient (Wildman–Crippen LogP) is 4.25. The molecule has 0 radical (unpaired) electrons. The van der Waals surface area contributed by atoms with Gasteiger partial charge < -0.3 is 19.5 Å². The van der Waals surface area contributed by atoms with Crippen molar-refractivity contribution in [3.63, 3.8) is 0 Å². The van der Waals surface area contributed by atoms with Crippen LogP contribution in [-0.4, -0.2) is 39.7 Å². The monoisotopic (exact) mass is 466 g/mol.